The summed E-state index contributed by atoms with van der Waals surface area (Å²) in [6.45, 7) is 6.65. The molecule has 2 bridgehead atoms. The van der Waals surface area contributed by atoms with Gasteiger partial charge in [0.2, 0.25) is 5.78 Å². The van der Waals surface area contributed by atoms with Crippen LogP contribution in [0.25, 0.3) is 0 Å². The van der Waals surface area contributed by atoms with Crippen LogP contribution in [-0.4, -0.2) is 54.5 Å². The highest BCUT2D eigenvalue weighted by molar-refractivity contribution is 6.38. The van der Waals surface area contributed by atoms with Gasteiger partial charge in [-0.1, -0.05) is 75.6 Å². The molecule has 2 aliphatic rings. The minimum Gasteiger partial charge on any atom is -0.494 e. The smallest absolute Gasteiger partial charge is 0.329 e. The molecule has 0 N–H and O–H groups in total. The fourth-order valence-electron chi connectivity index (χ4n) is 5.68. The van der Waals surface area contributed by atoms with Crippen LogP contribution >= 0.6 is 0 Å². The van der Waals surface area contributed by atoms with Crippen molar-refractivity contribution in [2.45, 2.75) is 103 Å². The van der Waals surface area contributed by atoms with Crippen molar-refractivity contribution < 1.29 is 28.6 Å². The molecule has 0 radical (unpaired) electrons. The first-order chi connectivity index (χ1) is 20.2. The molecule has 42 heavy (non-hydrogen) atoms. The van der Waals surface area contributed by atoms with Gasteiger partial charge in [0.25, 0.3) is 5.91 Å². The molecule has 2 heterocycles. The van der Waals surface area contributed by atoms with Crippen molar-refractivity contribution in [2.24, 2.45) is 5.41 Å². The van der Waals surface area contributed by atoms with Crippen LogP contribution in [-0.2, 0) is 30.3 Å². The number of hydrogen-bond acceptors (Lipinski definition) is 6. The van der Waals surface area contributed by atoms with E-state index in [1.165, 1.54) is 4.90 Å². The molecule has 1 saturated heterocycles. The number of piperidine rings is 1. The number of aryl methyl sites for hydroxylation is 1. The van der Waals surface area contributed by atoms with Crippen molar-refractivity contribution in [1.29, 1.82) is 0 Å². The molecule has 3 atom stereocenters. The molecule has 1 amide bonds. The van der Waals surface area contributed by atoms with E-state index in [1.54, 1.807) is 13.8 Å². The van der Waals surface area contributed by atoms with Crippen molar-refractivity contribution in [2.75, 3.05) is 19.8 Å². The van der Waals surface area contributed by atoms with Crippen LogP contribution in [0.1, 0.15) is 95.8 Å². The number of fused-ring (bicyclic) bond motifs is 3. The van der Waals surface area contributed by atoms with Crippen LogP contribution in [0.3, 0.4) is 0 Å². The van der Waals surface area contributed by atoms with Gasteiger partial charge in [-0.15, -0.1) is 0 Å². The lowest BCUT2D eigenvalue weighted by Crippen LogP contribution is -2.53. The number of benzene rings is 2. The summed E-state index contributed by atoms with van der Waals surface area (Å²) in [5, 5.41) is 0. The standard InChI is InChI=1S/C35H47NO6/c1-26-14-7-4-5-12-23-40-29-18-13-17-28(24-29)31(21-20-27-15-8-6-9-16-27)42-34(39)30-19-10-11-22-36(30)33(38)32(37)35(2,3)25-41-26/h6,8-9,13,15-18,24,26,30-31H,4-5,7,10-12,14,19-23,25H2,1-3H3/t26?,30-,31+/m0/s1. The van der Waals surface area contributed by atoms with Gasteiger partial charge in [0.15, 0.2) is 0 Å². The third-order valence-electron chi connectivity index (χ3n) is 8.37. The van der Waals surface area contributed by atoms with E-state index in [2.05, 4.69) is 12.1 Å². The number of nitrogens with zero attached hydrogens (tertiary/aromatic N) is 1. The fourth-order valence-corrected chi connectivity index (χ4v) is 5.68. The molecule has 228 valence electrons. The molecule has 2 aromatic carbocycles. The Kier molecular flexibility index (Phi) is 11.6. The van der Waals surface area contributed by atoms with E-state index in [-0.39, 0.29) is 12.7 Å². The normalized spacial score (nSPS) is 25.0. The number of cyclic esters (lactones) is 1. The number of ketones is 1. The molecule has 1 unspecified atom stereocenters. The number of carbonyl (C=O) groups excluding carboxylic acids is 3. The molecular formula is C35H47NO6. The summed E-state index contributed by atoms with van der Waals surface area (Å²) in [7, 11) is 0. The largest absolute Gasteiger partial charge is 0.494 e. The summed E-state index contributed by atoms with van der Waals surface area (Å²) in [5.41, 5.74) is 1.02. The number of Topliss-reactive ketones (excluding diaryl/α,β-unsaturated/α-hetero) is 1. The minimum atomic E-state index is -0.994. The highest BCUT2D eigenvalue weighted by Crippen LogP contribution is 2.30. The fraction of sp³-hybridized carbons (Fsp3) is 0.571. The van der Waals surface area contributed by atoms with Gasteiger partial charge in [0.1, 0.15) is 17.9 Å². The van der Waals surface area contributed by atoms with E-state index in [1.807, 2.05) is 49.4 Å². The van der Waals surface area contributed by atoms with Gasteiger partial charge in [-0.25, -0.2) is 4.79 Å². The van der Waals surface area contributed by atoms with E-state index in [0.717, 1.165) is 68.2 Å². The van der Waals surface area contributed by atoms with Gasteiger partial charge < -0.3 is 19.1 Å². The minimum absolute atomic E-state index is 0.00851. The third-order valence-corrected chi connectivity index (χ3v) is 8.37. The Morgan fingerprint density at radius 2 is 1.64 bits per heavy atom. The van der Waals surface area contributed by atoms with E-state index >= 15 is 0 Å². The van der Waals surface area contributed by atoms with Gasteiger partial charge in [-0.2, -0.15) is 0 Å². The van der Waals surface area contributed by atoms with E-state index in [9.17, 15) is 14.4 Å². The summed E-state index contributed by atoms with van der Waals surface area (Å²) >= 11 is 0. The first-order valence-corrected chi connectivity index (χ1v) is 15.7. The highest BCUT2D eigenvalue weighted by Gasteiger charge is 2.42. The molecule has 4 rings (SSSR count). The van der Waals surface area contributed by atoms with Gasteiger partial charge in [0.05, 0.1) is 24.7 Å². The molecule has 0 aromatic heterocycles. The maximum absolute atomic E-state index is 13.8. The Labute approximate surface area is 250 Å². The maximum atomic E-state index is 13.8. The van der Waals surface area contributed by atoms with Crippen LogP contribution in [0.5, 0.6) is 5.75 Å². The van der Waals surface area contributed by atoms with E-state index in [4.69, 9.17) is 14.2 Å². The topological polar surface area (TPSA) is 82.1 Å². The molecule has 0 aliphatic carbocycles. The molecule has 2 aliphatic heterocycles. The predicted molar refractivity (Wildman–Crippen MR) is 162 cm³/mol. The second-order valence-corrected chi connectivity index (χ2v) is 12.4. The monoisotopic (exact) mass is 577 g/mol. The Bertz CT molecular complexity index is 1180. The number of hydrogen-bond donors (Lipinski definition) is 0. The Morgan fingerprint density at radius 1 is 0.881 bits per heavy atom. The lowest BCUT2D eigenvalue weighted by atomic mass is 9.87. The summed E-state index contributed by atoms with van der Waals surface area (Å²) in [4.78, 5) is 42.2. The van der Waals surface area contributed by atoms with Crippen LogP contribution in [0.15, 0.2) is 54.6 Å². The summed E-state index contributed by atoms with van der Waals surface area (Å²) in [6.07, 6.45) is 7.80. The molecule has 1 fully saturated rings. The van der Waals surface area contributed by atoms with Crippen LogP contribution in [0.2, 0.25) is 0 Å². The van der Waals surface area contributed by atoms with Gasteiger partial charge in [0, 0.05) is 6.54 Å². The van der Waals surface area contributed by atoms with Crippen molar-refractivity contribution >= 4 is 17.7 Å². The number of ether oxygens (including phenoxy) is 3. The highest BCUT2D eigenvalue weighted by atomic mass is 16.5. The zero-order valence-electron chi connectivity index (χ0n) is 25.5. The number of amides is 1. The predicted octanol–water partition coefficient (Wildman–Crippen LogP) is 6.63. The first kappa shape index (κ1) is 31.7. The maximum Gasteiger partial charge on any atom is 0.329 e. The van der Waals surface area contributed by atoms with Crippen molar-refractivity contribution in [3.63, 3.8) is 0 Å². The van der Waals surface area contributed by atoms with E-state index < -0.39 is 35.2 Å². The van der Waals surface area contributed by atoms with Gasteiger partial charge in [-0.3, -0.25) is 9.59 Å². The number of rotatable bonds is 3. The Morgan fingerprint density at radius 3 is 2.45 bits per heavy atom. The average molecular weight is 578 g/mol. The third kappa shape index (κ3) is 8.90. The summed E-state index contributed by atoms with van der Waals surface area (Å²) in [5.74, 6) is -0.858. The van der Waals surface area contributed by atoms with Crippen molar-refractivity contribution in [3.05, 3.63) is 65.7 Å². The summed E-state index contributed by atoms with van der Waals surface area (Å²) in [6, 6.07) is 17.1. The van der Waals surface area contributed by atoms with Crippen LogP contribution in [0, 0.1) is 5.41 Å². The lowest BCUT2D eigenvalue weighted by Gasteiger charge is -2.36. The molecule has 7 heteroatoms. The molecule has 0 saturated carbocycles. The average Bonchev–Trinajstić information content (AvgIpc) is 3.01. The zero-order chi connectivity index (χ0) is 30.0. The Hall–Kier alpha value is -3.19. The Balaban J connectivity index is 1.59. The SMILES string of the molecule is CC1CCCCCCOc2cccc(c2)[C@@H](CCc2ccccc2)OC(=O)[C@@H]2CCCCN2C(=O)C(=O)C(C)(C)CO1. The second kappa shape index (κ2) is 15.3. The second-order valence-electron chi connectivity index (χ2n) is 12.4. The van der Waals surface area contributed by atoms with E-state index in [0.29, 0.717) is 26.0 Å². The molecular weight excluding hydrogens is 530 g/mol. The molecule has 2 aromatic rings. The van der Waals surface area contributed by atoms with Crippen molar-refractivity contribution in [3.8, 4) is 5.75 Å². The summed E-state index contributed by atoms with van der Waals surface area (Å²) < 4.78 is 18.3. The van der Waals surface area contributed by atoms with Crippen molar-refractivity contribution in [1.82, 2.24) is 4.90 Å². The van der Waals surface area contributed by atoms with Gasteiger partial charge in [-0.05, 0) is 75.1 Å². The number of esters is 1. The lowest BCUT2D eigenvalue weighted by molar-refractivity contribution is -0.165. The molecule has 0 spiro atoms. The van der Waals surface area contributed by atoms with Crippen LogP contribution in [0.4, 0.5) is 0 Å². The van der Waals surface area contributed by atoms with Gasteiger partial charge >= 0.3 is 5.97 Å². The first-order valence-electron chi connectivity index (χ1n) is 15.7. The molecule has 7 nitrogen and oxygen atoms in total. The quantitative estimate of drug-likeness (QED) is 0.301. The van der Waals surface area contributed by atoms with Crippen LogP contribution < -0.4 is 4.74 Å². The zero-order valence-corrected chi connectivity index (χ0v) is 25.5. The number of carbonyl (C=O) groups is 3.